The van der Waals surface area contributed by atoms with Crippen molar-refractivity contribution in [3.63, 3.8) is 0 Å². The molecule has 20 heavy (non-hydrogen) atoms. The summed E-state index contributed by atoms with van der Waals surface area (Å²) in [5.74, 6) is 0.939. The molecule has 0 aromatic heterocycles. The summed E-state index contributed by atoms with van der Waals surface area (Å²) in [5.41, 5.74) is 4.33. The molecule has 2 nitrogen and oxygen atoms in total. The summed E-state index contributed by atoms with van der Waals surface area (Å²) in [5, 5.41) is 3.43. The number of benzene rings is 2. The Kier molecular flexibility index (Phi) is 3.49. The Morgan fingerprint density at radius 3 is 2.45 bits per heavy atom. The Bertz CT molecular complexity index is 585. The summed E-state index contributed by atoms with van der Waals surface area (Å²) >= 11 is 0. The van der Waals surface area contributed by atoms with Gasteiger partial charge in [-0.3, -0.25) is 0 Å². The highest BCUT2D eigenvalue weighted by molar-refractivity contribution is 5.37. The van der Waals surface area contributed by atoms with Crippen molar-refractivity contribution in [1.82, 2.24) is 5.32 Å². The van der Waals surface area contributed by atoms with E-state index in [1.54, 1.807) is 7.11 Å². The number of hydrogen-bond donors (Lipinski definition) is 1. The maximum absolute atomic E-state index is 5.33. The minimum Gasteiger partial charge on any atom is -0.497 e. The van der Waals surface area contributed by atoms with Crippen LogP contribution in [-0.2, 0) is 11.8 Å². The Morgan fingerprint density at radius 2 is 1.85 bits per heavy atom. The summed E-state index contributed by atoms with van der Waals surface area (Å²) < 4.78 is 5.33. The smallest absolute Gasteiger partial charge is 0.119 e. The van der Waals surface area contributed by atoms with E-state index in [-0.39, 0.29) is 5.41 Å². The van der Waals surface area contributed by atoms with Crippen LogP contribution >= 0.6 is 0 Å². The Labute approximate surface area is 120 Å². The van der Waals surface area contributed by atoms with Gasteiger partial charge in [-0.25, -0.2) is 0 Å². The van der Waals surface area contributed by atoms with Gasteiger partial charge in [-0.2, -0.15) is 0 Å². The lowest BCUT2D eigenvalue weighted by Gasteiger charge is -2.43. The van der Waals surface area contributed by atoms with Gasteiger partial charge in [-0.15, -0.1) is 0 Å². The molecule has 1 fully saturated rings. The van der Waals surface area contributed by atoms with Gasteiger partial charge in [0.1, 0.15) is 5.75 Å². The lowest BCUT2D eigenvalue weighted by molar-refractivity contribution is 0.274. The Balaban J connectivity index is 1.87. The highest BCUT2D eigenvalue weighted by atomic mass is 16.5. The predicted molar refractivity (Wildman–Crippen MR) is 82.4 cm³/mol. The maximum atomic E-state index is 5.33. The normalized spacial score (nSPS) is 16.5. The van der Waals surface area contributed by atoms with Crippen molar-refractivity contribution in [2.75, 3.05) is 20.2 Å². The van der Waals surface area contributed by atoms with Crippen molar-refractivity contribution >= 4 is 0 Å². The molecule has 3 rings (SSSR count). The molecule has 0 radical (unpaired) electrons. The number of nitrogens with one attached hydrogen (secondary N) is 1. The highest BCUT2D eigenvalue weighted by Crippen LogP contribution is 2.33. The second-order valence-electron chi connectivity index (χ2n) is 5.78. The van der Waals surface area contributed by atoms with Crippen molar-refractivity contribution in [1.29, 1.82) is 0 Å². The Hall–Kier alpha value is -1.80. The minimum absolute atomic E-state index is 0.236. The molecule has 2 aromatic carbocycles. The van der Waals surface area contributed by atoms with Crippen LogP contribution in [0, 0.1) is 6.92 Å². The zero-order valence-corrected chi connectivity index (χ0v) is 12.1. The molecule has 0 unspecified atom stereocenters. The molecule has 1 N–H and O–H groups in total. The lowest BCUT2D eigenvalue weighted by atomic mass is 9.71. The third kappa shape index (κ3) is 2.44. The zero-order valence-electron chi connectivity index (χ0n) is 12.1. The van der Waals surface area contributed by atoms with Crippen LogP contribution in [0.5, 0.6) is 5.75 Å². The topological polar surface area (TPSA) is 21.3 Å². The summed E-state index contributed by atoms with van der Waals surface area (Å²) in [6.07, 6.45) is 1.06. The van der Waals surface area contributed by atoms with Gasteiger partial charge >= 0.3 is 0 Å². The van der Waals surface area contributed by atoms with E-state index in [2.05, 4.69) is 54.7 Å². The third-order valence-corrected chi connectivity index (χ3v) is 4.27. The first kappa shape index (κ1) is 13.2. The highest BCUT2D eigenvalue weighted by Gasteiger charge is 2.38. The largest absolute Gasteiger partial charge is 0.497 e. The van der Waals surface area contributed by atoms with E-state index in [4.69, 9.17) is 4.74 Å². The number of hydrogen-bond acceptors (Lipinski definition) is 2. The fourth-order valence-electron chi connectivity index (χ4n) is 2.94. The summed E-state index contributed by atoms with van der Waals surface area (Å²) in [7, 11) is 1.72. The van der Waals surface area contributed by atoms with Crippen LogP contribution in [0.4, 0.5) is 0 Å². The molecule has 0 atom stereocenters. The minimum atomic E-state index is 0.236. The van der Waals surface area contributed by atoms with Gasteiger partial charge < -0.3 is 10.1 Å². The van der Waals surface area contributed by atoms with E-state index in [9.17, 15) is 0 Å². The van der Waals surface area contributed by atoms with Crippen molar-refractivity contribution < 1.29 is 4.74 Å². The quantitative estimate of drug-likeness (QED) is 0.919. The average molecular weight is 267 g/mol. The van der Waals surface area contributed by atoms with Gasteiger partial charge in [0.05, 0.1) is 7.11 Å². The van der Waals surface area contributed by atoms with E-state index in [0.29, 0.717) is 0 Å². The predicted octanol–water partition coefficient (Wildman–Crippen LogP) is 3.09. The van der Waals surface area contributed by atoms with Crippen LogP contribution in [-0.4, -0.2) is 20.2 Å². The molecule has 1 heterocycles. The van der Waals surface area contributed by atoms with Crippen molar-refractivity contribution in [2.24, 2.45) is 0 Å². The van der Waals surface area contributed by atoms with Crippen LogP contribution in [0.1, 0.15) is 16.7 Å². The molecule has 0 saturated carbocycles. The van der Waals surface area contributed by atoms with Crippen LogP contribution < -0.4 is 10.1 Å². The third-order valence-electron chi connectivity index (χ3n) is 4.27. The van der Waals surface area contributed by atoms with Crippen molar-refractivity contribution in [3.05, 3.63) is 65.2 Å². The molecule has 2 heteroatoms. The summed E-state index contributed by atoms with van der Waals surface area (Å²) in [6.45, 7) is 4.23. The molecular weight excluding hydrogens is 246 g/mol. The zero-order chi connectivity index (χ0) is 14.0. The molecule has 0 spiro atoms. The van der Waals surface area contributed by atoms with E-state index in [0.717, 1.165) is 25.3 Å². The molecule has 1 aliphatic rings. The standard InChI is InChI=1S/C18H21NO/c1-14-6-8-16(9-7-14)18(12-19-13-18)11-15-4-3-5-17(10-15)20-2/h3-10,19H,11-13H2,1-2H3. The fourth-order valence-corrected chi connectivity index (χ4v) is 2.94. The SMILES string of the molecule is COc1cccc(CC2(c3ccc(C)cc3)CNC2)c1. The van der Waals surface area contributed by atoms with Gasteiger partial charge in [0.25, 0.3) is 0 Å². The van der Waals surface area contributed by atoms with Crippen molar-refractivity contribution in [2.45, 2.75) is 18.8 Å². The van der Waals surface area contributed by atoms with Gasteiger partial charge in [0, 0.05) is 18.5 Å². The second kappa shape index (κ2) is 5.29. The first-order valence-electron chi connectivity index (χ1n) is 7.13. The number of ether oxygens (including phenoxy) is 1. The molecule has 0 aliphatic carbocycles. The first-order valence-corrected chi connectivity index (χ1v) is 7.13. The molecule has 2 aromatic rings. The van der Waals surface area contributed by atoms with E-state index < -0.39 is 0 Å². The van der Waals surface area contributed by atoms with Crippen molar-refractivity contribution in [3.8, 4) is 5.75 Å². The van der Waals surface area contributed by atoms with E-state index in [1.165, 1.54) is 16.7 Å². The summed E-state index contributed by atoms with van der Waals surface area (Å²) in [6, 6.07) is 17.4. The maximum Gasteiger partial charge on any atom is 0.119 e. The second-order valence-corrected chi connectivity index (χ2v) is 5.78. The van der Waals surface area contributed by atoms with Gasteiger partial charge in [0.2, 0.25) is 0 Å². The van der Waals surface area contributed by atoms with Crippen LogP contribution in [0.25, 0.3) is 0 Å². The fraction of sp³-hybridized carbons (Fsp3) is 0.333. The Morgan fingerprint density at radius 1 is 1.10 bits per heavy atom. The monoisotopic (exact) mass is 267 g/mol. The number of aryl methyl sites for hydroxylation is 1. The lowest BCUT2D eigenvalue weighted by Crippen LogP contribution is -2.58. The molecule has 1 saturated heterocycles. The first-order chi connectivity index (χ1) is 9.72. The van der Waals surface area contributed by atoms with Crippen LogP contribution in [0.15, 0.2) is 48.5 Å². The average Bonchev–Trinajstić information content (AvgIpc) is 2.44. The summed E-state index contributed by atoms with van der Waals surface area (Å²) in [4.78, 5) is 0. The van der Waals surface area contributed by atoms with E-state index >= 15 is 0 Å². The molecule has 0 amide bonds. The van der Waals surface area contributed by atoms with Gasteiger partial charge in [-0.05, 0) is 36.6 Å². The molecule has 104 valence electrons. The molecule has 1 aliphatic heterocycles. The number of methoxy groups -OCH3 is 1. The van der Waals surface area contributed by atoms with Crippen LogP contribution in [0.2, 0.25) is 0 Å². The van der Waals surface area contributed by atoms with Gasteiger partial charge in [0.15, 0.2) is 0 Å². The van der Waals surface area contributed by atoms with E-state index in [1.807, 2.05) is 6.07 Å². The molecule has 0 bridgehead atoms. The van der Waals surface area contributed by atoms with Crippen LogP contribution in [0.3, 0.4) is 0 Å². The molecular formula is C18H21NO. The number of rotatable bonds is 4. The van der Waals surface area contributed by atoms with Gasteiger partial charge in [-0.1, -0.05) is 42.0 Å².